The second-order valence-electron chi connectivity index (χ2n) is 21.5. The molecule has 16 nitrogen and oxygen atoms in total. The Labute approximate surface area is 411 Å². The molecule has 69 heavy (non-hydrogen) atoms. The highest BCUT2D eigenvalue weighted by atomic mass is 16.7. The van der Waals surface area contributed by atoms with Crippen LogP contribution in [0.4, 0.5) is 0 Å². The van der Waals surface area contributed by atoms with Crippen molar-refractivity contribution in [2.75, 3.05) is 0 Å². The molecule has 2 bridgehead atoms. The number of allylic oxidation sites excluding steroid dienone is 4. The molecule has 0 aromatic carbocycles. The maximum atomic E-state index is 13.9. The normalized spacial score (nSPS) is 46.8. The van der Waals surface area contributed by atoms with Crippen molar-refractivity contribution in [3.8, 4) is 0 Å². The highest BCUT2D eigenvalue weighted by Crippen LogP contribution is 2.50. The summed E-state index contributed by atoms with van der Waals surface area (Å²) in [6.45, 7) is 18.2. The van der Waals surface area contributed by atoms with E-state index < -0.39 is 121 Å². The van der Waals surface area contributed by atoms with E-state index in [0.717, 1.165) is 6.42 Å². The third kappa shape index (κ3) is 15.1. The van der Waals surface area contributed by atoms with Crippen molar-refractivity contribution >= 4 is 5.97 Å². The number of hydrogen-bond acceptors (Lipinski definition) is 16. The second kappa shape index (κ2) is 26.9. The first-order valence-corrected chi connectivity index (χ1v) is 26.2. The number of fused-ring (bicyclic) bond motifs is 2. The summed E-state index contributed by atoms with van der Waals surface area (Å²) in [6, 6.07) is 0. The lowest BCUT2D eigenvalue weighted by molar-refractivity contribution is -0.376. The van der Waals surface area contributed by atoms with Crippen LogP contribution in [0.3, 0.4) is 0 Å². The lowest BCUT2D eigenvalue weighted by atomic mass is 9.73. The van der Waals surface area contributed by atoms with Crippen molar-refractivity contribution < 1.29 is 79.5 Å². The smallest absolute Gasteiger partial charge is 0.330 e. The van der Waals surface area contributed by atoms with Crippen LogP contribution in [0.2, 0.25) is 0 Å². The van der Waals surface area contributed by atoms with Crippen LogP contribution in [0.15, 0.2) is 36.5 Å². The minimum atomic E-state index is -2.30. The number of esters is 1. The monoisotopic (exact) mass is 985 g/mol. The number of aliphatic hydroxyl groups excluding tert-OH is 9. The highest BCUT2D eigenvalue weighted by Gasteiger charge is 2.57. The number of carbonyl (C=O) groups is 1. The summed E-state index contributed by atoms with van der Waals surface area (Å²) in [5, 5.41) is 114. The molecular formula is C53H92O16. The van der Waals surface area contributed by atoms with E-state index in [-0.39, 0.29) is 68.3 Å². The van der Waals surface area contributed by atoms with E-state index in [2.05, 4.69) is 6.92 Å². The molecule has 10 N–H and O–H groups in total. The van der Waals surface area contributed by atoms with Gasteiger partial charge in [-0.2, -0.15) is 0 Å². The zero-order chi connectivity index (χ0) is 51.5. The van der Waals surface area contributed by atoms with Crippen molar-refractivity contribution in [2.45, 2.75) is 249 Å². The number of carbonyl (C=O) groups excluding carboxylic acids is 1. The van der Waals surface area contributed by atoms with Crippen LogP contribution < -0.4 is 0 Å². The maximum absolute atomic E-state index is 13.9. The fourth-order valence-corrected chi connectivity index (χ4v) is 11.2. The summed E-state index contributed by atoms with van der Waals surface area (Å²) in [5.41, 5.74) is -2.30. The molecule has 3 fully saturated rings. The molecule has 0 radical (unpaired) electrons. The van der Waals surface area contributed by atoms with Crippen molar-refractivity contribution in [3.05, 3.63) is 36.5 Å². The molecule has 24 atom stereocenters. The lowest BCUT2D eigenvalue weighted by Crippen LogP contribution is -2.63. The molecule has 0 amide bonds. The number of ether oxygens (including phenoxy) is 5. The molecule has 3 saturated heterocycles. The van der Waals surface area contributed by atoms with Crippen LogP contribution >= 0.6 is 0 Å². The molecule has 16 heteroatoms. The summed E-state index contributed by atoms with van der Waals surface area (Å²) < 4.78 is 32.4. The van der Waals surface area contributed by atoms with Gasteiger partial charge in [0.25, 0.3) is 0 Å². The standard InChI is InChI=1S/C53H92O16/c1-11-26-52(64)41(57)18-16-14-13-15-17-37(28-31(5)54)20-22-40-33(7)49(35(9)53(68-40)27-25-30(4)48(69-53)32(6)38(55)12-2)66-42(58)23-19-29(3)44(59)34(8)45(60)50(46(61)47(62)51(52)63)67-43-24-21-39(56)36(10)65-43/h13-15,17,19,23,29-41,43-51,54-57,59-64H,11-12,16,18,20-22,24-28H2,1-10H3/b14-13+,17-15+,23-19+. The molecule has 4 rings (SSSR count). The van der Waals surface area contributed by atoms with E-state index in [1.165, 1.54) is 19.1 Å². The maximum Gasteiger partial charge on any atom is 0.330 e. The van der Waals surface area contributed by atoms with Crippen molar-refractivity contribution in [2.24, 2.45) is 41.4 Å². The van der Waals surface area contributed by atoms with E-state index in [4.69, 9.17) is 23.7 Å². The predicted molar refractivity (Wildman–Crippen MR) is 259 cm³/mol. The van der Waals surface area contributed by atoms with Crippen LogP contribution in [-0.2, 0) is 28.5 Å². The number of rotatable bonds is 9. The lowest BCUT2D eigenvalue weighted by Gasteiger charge is -2.56. The summed E-state index contributed by atoms with van der Waals surface area (Å²) in [4.78, 5) is 13.9. The van der Waals surface area contributed by atoms with E-state index >= 15 is 0 Å². The topological polar surface area (TPSA) is 266 Å². The van der Waals surface area contributed by atoms with Crippen LogP contribution in [0, 0.1) is 41.4 Å². The van der Waals surface area contributed by atoms with E-state index in [1.807, 2.05) is 39.8 Å². The van der Waals surface area contributed by atoms with Gasteiger partial charge in [-0.15, -0.1) is 0 Å². The molecule has 0 aromatic rings. The van der Waals surface area contributed by atoms with E-state index in [9.17, 15) is 55.9 Å². The Balaban J connectivity index is 1.74. The molecule has 4 heterocycles. The van der Waals surface area contributed by atoms with Gasteiger partial charge in [0.1, 0.15) is 36.1 Å². The predicted octanol–water partition coefficient (Wildman–Crippen LogP) is 4.36. The fourth-order valence-electron chi connectivity index (χ4n) is 11.2. The van der Waals surface area contributed by atoms with Gasteiger partial charge in [-0.1, -0.05) is 92.2 Å². The number of hydrogen-bond donors (Lipinski definition) is 10. The van der Waals surface area contributed by atoms with Crippen LogP contribution in [-0.4, -0.2) is 160 Å². The van der Waals surface area contributed by atoms with Gasteiger partial charge in [-0.05, 0) is 83.5 Å². The van der Waals surface area contributed by atoms with E-state index in [1.54, 1.807) is 39.8 Å². The average molecular weight is 985 g/mol. The first-order chi connectivity index (χ1) is 32.4. The van der Waals surface area contributed by atoms with Gasteiger partial charge in [-0.3, -0.25) is 0 Å². The zero-order valence-electron chi connectivity index (χ0n) is 43.1. The first kappa shape index (κ1) is 59.7. The van der Waals surface area contributed by atoms with Gasteiger partial charge < -0.3 is 74.7 Å². The van der Waals surface area contributed by atoms with Crippen LogP contribution in [0.25, 0.3) is 0 Å². The summed E-state index contributed by atoms with van der Waals surface area (Å²) >= 11 is 0. The highest BCUT2D eigenvalue weighted by molar-refractivity contribution is 5.82. The molecule has 0 saturated carbocycles. The fraction of sp³-hybridized carbons (Fsp3) is 0.868. The minimum absolute atomic E-state index is 0.0220. The van der Waals surface area contributed by atoms with Gasteiger partial charge in [0, 0.05) is 48.5 Å². The summed E-state index contributed by atoms with van der Waals surface area (Å²) in [6.07, 6.45) is -3.40. The van der Waals surface area contributed by atoms with Gasteiger partial charge in [-0.25, -0.2) is 4.79 Å². The quantitative estimate of drug-likeness (QED) is 0.144. The van der Waals surface area contributed by atoms with Gasteiger partial charge in [0.2, 0.25) is 0 Å². The largest absolute Gasteiger partial charge is 0.458 e. The third-order valence-corrected chi connectivity index (χ3v) is 16.1. The summed E-state index contributed by atoms with van der Waals surface area (Å²) in [5.74, 6) is -4.50. The molecule has 0 aliphatic carbocycles. The molecule has 4 aliphatic heterocycles. The Morgan fingerprint density at radius 3 is 2.13 bits per heavy atom. The molecule has 0 aromatic heterocycles. The van der Waals surface area contributed by atoms with Crippen molar-refractivity contribution in [1.29, 1.82) is 0 Å². The molecule has 24 unspecified atom stereocenters. The Morgan fingerprint density at radius 2 is 1.49 bits per heavy atom. The molecular weight excluding hydrogens is 893 g/mol. The van der Waals surface area contributed by atoms with Crippen LogP contribution in [0.5, 0.6) is 0 Å². The van der Waals surface area contributed by atoms with Gasteiger partial charge in [0.15, 0.2) is 12.1 Å². The summed E-state index contributed by atoms with van der Waals surface area (Å²) in [7, 11) is 0. The first-order valence-electron chi connectivity index (χ1n) is 26.2. The minimum Gasteiger partial charge on any atom is -0.458 e. The molecule has 4 aliphatic rings. The molecule has 400 valence electrons. The van der Waals surface area contributed by atoms with E-state index in [0.29, 0.717) is 32.1 Å². The SMILES string of the molecule is CCCC1(O)C(O)CC/C=C/C=C/C(CC(C)O)CCC2OC3(CCC(C)C(C(C)C(O)CC)O3)C(C)C(OC(=O)/C=C/C(C)C(O)C(C)C(O)C(OC3CCC(O)C(C)O3)C(O)C(O)C1O)C2C. The van der Waals surface area contributed by atoms with Gasteiger partial charge >= 0.3 is 5.97 Å². The Bertz CT molecular complexity index is 1630. The zero-order valence-corrected chi connectivity index (χ0v) is 43.1. The Kier molecular flexibility index (Phi) is 23.3. The average Bonchev–Trinajstić information content (AvgIpc) is 3.32. The number of aliphatic hydroxyl groups is 10. The van der Waals surface area contributed by atoms with Crippen LogP contribution in [0.1, 0.15) is 146 Å². The Morgan fingerprint density at radius 1 is 0.797 bits per heavy atom. The Hall–Kier alpha value is -1.87. The third-order valence-electron chi connectivity index (χ3n) is 16.1. The molecule has 1 spiro atoms. The van der Waals surface area contributed by atoms with Gasteiger partial charge in [0.05, 0.1) is 54.9 Å². The van der Waals surface area contributed by atoms with Crippen molar-refractivity contribution in [1.82, 2.24) is 0 Å². The van der Waals surface area contributed by atoms with Crippen molar-refractivity contribution in [3.63, 3.8) is 0 Å². The second-order valence-corrected chi connectivity index (χ2v) is 21.5.